The molecule has 8 heteroatoms. The molecule has 1 unspecified atom stereocenters. The molecule has 1 atom stereocenters. The highest BCUT2D eigenvalue weighted by Gasteiger charge is 2.23. The average Bonchev–Trinajstić information content (AvgIpc) is 3.30. The Kier molecular flexibility index (Phi) is 6.84. The van der Waals surface area contributed by atoms with Gasteiger partial charge in [-0.05, 0) is 31.2 Å². The Bertz CT molecular complexity index is 792. The minimum Gasteiger partial charge on any atom is -0.481 e. The van der Waals surface area contributed by atoms with Gasteiger partial charge in [0.05, 0.1) is 6.20 Å². The van der Waals surface area contributed by atoms with Crippen LogP contribution >= 0.6 is 0 Å². The fraction of sp³-hybridized carbons (Fsp3) is 0.600. The Labute approximate surface area is 164 Å². The number of carboxylic acid groups (broad SMARTS) is 1. The van der Waals surface area contributed by atoms with E-state index in [9.17, 15) is 9.59 Å². The summed E-state index contributed by atoms with van der Waals surface area (Å²) in [5, 5.41) is 20.0. The number of nitrogens with one attached hydrogen (secondary N) is 1. The van der Waals surface area contributed by atoms with E-state index >= 15 is 0 Å². The molecule has 2 aromatic rings. The van der Waals surface area contributed by atoms with E-state index in [1.54, 1.807) is 16.9 Å². The molecule has 0 aromatic carbocycles. The molecular weight excluding hydrogens is 360 g/mol. The van der Waals surface area contributed by atoms with Gasteiger partial charge < -0.3 is 14.9 Å². The van der Waals surface area contributed by atoms with Gasteiger partial charge >= 0.3 is 5.97 Å². The van der Waals surface area contributed by atoms with Gasteiger partial charge in [0, 0.05) is 24.7 Å². The predicted octanol–water partition coefficient (Wildman–Crippen LogP) is 3.16. The van der Waals surface area contributed by atoms with E-state index in [0.29, 0.717) is 24.6 Å². The maximum absolute atomic E-state index is 12.6. The lowest BCUT2D eigenvalue weighted by Gasteiger charge is -2.26. The van der Waals surface area contributed by atoms with Gasteiger partial charge in [-0.3, -0.25) is 14.3 Å². The number of hydrogen-bond donors (Lipinski definition) is 2. The van der Waals surface area contributed by atoms with Crippen molar-refractivity contribution in [2.75, 3.05) is 0 Å². The molecule has 3 rings (SSSR count). The highest BCUT2D eigenvalue weighted by atomic mass is 16.5. The van der Waals surface area contributed by atoms with Gasteiger partial charge in [0.1, 0.15) is 6.54 Å². The Morgan fingerprint density at radius 3 is 2.82 bits per heavy atom. The van der Waals surface area contributed by atoms with E-state index in [2.05, 4.69) is 15.6 Å². The molecule has 0 bridgehead atoms. The monoisotopic (exact) mass is 388 g/mol. The van der Waals surface area contributed by atoms with Crippen LogP contribution < -0.4 is 5.32 Å². The largest absolute Gasteiger partial charge is 0.481 e. The molecule has 2 N–H and O–H groups in total. The molecule has 0 saturated heterocycles. The normalized spacial score (nSPS) is 16.0. The zero-order valence-electron chi connectivity index (χ0n) is 16.3. The third-order valence-electron chi connectivity index (χ3n) is 5.26. The van der Waals surface area contributed by atoms with E-state index in [0.717, 1.165) is 24.8 Å². The lowest BCUT2D eigenvalue weighted by atomic mass is 9.84. The third kappa shape index (κ3) is 5.94. The second-order valence-corrected chi connectivity index (χ2v) is 7.74. The molecule has 1 amide bonds. The number of aliphatic carboxylic acids is 1. The molecule has 152 valence electrons. The minimum atomic E-state index is -0.846. The first-order valence-electron chi connectivity index (χ1n) is 9.97. The molecule has 1 fully saturated rings. The first-order chi connectivity index (χ1) is 13.5. The van der Waals surface area contributed by atoms with E-state index in [1.165, 1.54) is 19.3 Å². The molecule has 28 heavy (non-hydrogen) atoms. The Morgan fingerprint density at radius 2 is 2.14 bits per heavy atom. The van der Waals surface area contributed by atoms with Crippen molar-refractivity contribution in [1.82, 2.24) is 20.3 Å². The topological polar surface area (TPSA) is 110 Å². The average molecular weight is 388 g/mol. The van der Waals surface area contributed by atoms with Gasteiger partial charge in [-0.15, -0.1) is 0 Å². The Balaban J connectivity index is 1.59. The number of aromatic nitrogens is 3. The predicted molar refractivity (Wildman–Crippen MR) is 102 cm³/mol. The minimum absolute atomic E-state index is 0.0420. The standard InChI is InChI=1S/C20H28N4O4/c1-14-11-21-24(12-14)13-17-10-18(23-28-17)20(27)22-16(7-8-19(25)26)9-15-5-3-2-4-6-15/h10-12,15-16H,2-9,13H2,1H3,(H,22,27)(H,25,26). The molecule has 8 nitrogen and oxygen atoms in total. The van der Waals surface area contributed by atoms with Gasteiger partial charge in [0.25, 0.3) is 5.91 Å². The number of aryl methyl sites for hydroxylation is 1. The summed E-state index contributed by atoms with van der Waals surface area (Å²) in [5.74, 6) is -0.0784. The molecule has 1 saturated carbocycles. The van der Waals surface area contributed by atoms with E-state index in [4.69, 9.17) is 9.63 Å². The number of carbonyl (C=O) groups excluding carboxylic acids is 1. The number of hydrogen-bond acceptors (Lipinski definition) is 5. The number of amides is 1. The molecule has 0 spiro atoms. The number of rotatable bonds is 9. The maximum Gasteiger partial charge on any atom is 0.303 e. The van der Waals surface area contributed by atoms with Gasteiger partial charge in [0.15, 0.2) is 11.5 Å². The second-order valence-electron chi connectivity index (χ2n) is 7.74. The maximum atomic E-state index is 12.6. The summed E-state index contributed by atoms with van der Waals surface area (Å²) in [6.45, 7) is 2.35. The van der Waals surface area contributed by atoms with E-state index in [-0.39, 0.29) is 24.1 Å². The number of nitrogens with zero attached hydrogens (tertiary/aromatic N) is 3. The van der Waals surface area contributed by atoms with Crippen molar-refractivity contribution in [3.8, 4) is 0 Å². The van der Waals surface area contributed by atoms with Crippen LogP contribution in [0.2, 0.25) is 0 Å². The third-order valence-corrected chi connectivity index (χ3v) is 5.26. The zero-order chi connectivity index (χ0) is 19.9. The van der Waals surface area contributed by atoms with Crippen LogP contribution in [0.3, 0.4) is 0 Å². The summed E-state index contributed by atoms with van der Waals surface area (Å²) in [6.07, 6.45) is 10.9. The van der Waals surface area contributed by atoms with Crippen LogP contribution in [-0.2, 0) is 11.3 Å². The van der Waals surface area contributed by atoms with Crippen molar-refractivity contribution in [2.45, 2.75) is 70.9 Å². The van der Waals surface area contributed by atoms with Crippen molar-refractivity contribution < 1.29 is 19.2 Å². The van der Waals surface area contributed by atoms with Crippen LogP contribution in [0.5, 0.6) is 0 Å². The highest BCUT2D eigenvalue weighted by Crippen LogP contribution is 2.28. The van der Waals surface area contributed by atoms with Gasteiger partial charge in [-0.1, -0.05) is 37.3 Å². The number of carbonyl (C=O) groups is 2. The molecule has 2 aromatic heterocycles. The second kappa shape index (κ2) is 9.52. The first-order valence-corrected chi connectivity index (χ1v) is 9.97. The van der Waals surface area contributed by atoms with Gasteiger partial charge in [0.2, 0.25) is 0 Å². The van der Waals surface area contributed by atoms with Crippen molar-refractivity contribution in [2.24, 2.45) is 5.92 Å². The van der Waals surface area contributed by atoms with Gasteiger partial charge in [-0.25, -0.2) is 0 Å². The smallest absolute Gasteiger partial charge is 0.303 e. The molecule has 0 radical (unpaired) electrons. The van der Waals surface area contributed by atoms with Crippen LogP contribution in [0, 0.1) is 12.8 Å². The Hall–Kier alpha value is -2.64. The summed E-state index contributed by atoms with van der Waals surface area (Å²) < 4.78 is 6.98. The molecule has 2 heterocycles. The summed E-state index contributed by atoms with van der Waals surface area (Å²) in [5.41, 5.74) is 1.25. The number of carboxylic acids is 1. The molecule has 1 aliphatic rings. The van der Waals surface area contributed by atoms with Crippen molar-refractivity contribution >= 4 is 11.9 Å². The Morgan fingerprint density at radius 1 is 1.36 bits per heavy atom. The van der Waals surface area contributed by atoms with Crippen LogP contribution in [0.25, 0.3) is 0 Å². The van der Waals surface area contributed by atoms with Crippen LogP contribution in [0.1, 0.15) is 73.2 Å². The first kappa shape index (κ1) is 20.1. The summed E-state index contributed by atoms with van der Waals surface area (Å²) >= 11 is 0. The van der Waals surface area contributed by atoms with Crippen LogP contribution in [0.15, 0.2) is 23.0 Å². The van der Waals surface area contributed by atoms with E-state index < -0.39 is 5.97 Å². The lowest BCUT2D eigenvalue weighted by Crippen LogP contribution is -2.37. The van der Waals surface area contributed by atoms with E-state index in [1.807, 2.05) is 13.1 Å². The molecule has 0 aliphatic heterocycles. The summed E-state index contributed by atoms with van der Waals surface area (Å²) in [4.78, 5) is 23.6. The highest BCUT2D eigenvalue weighted by molar-refractivity contribution is 5.92. The van der Waals surface area contributed by atoms with Crippen LogP contribution in [0.4, 0.5) is 0 Å². The SMILES string of the molecule is Cc1cnn(Cc2cc(C(=O)NC(CCC(=O)O)CC3CCCCC3)no2)c1. The zero-order valence-corrected chi connectivity index (χ0v) is 16.3. The summed E-state index contributed by atoms with van der Waals surface area (Å²) in [6, 6.07) is 1.45. The molecular formula is C20H28N4O4. The quantitative estimate of drug-likeness (QED) is 0.683. The van der Waals surface area contributed by atoms with Crippen molar-refractivity contribution in [1.29, 1.82) is 0 Å². The fourth-order valence-electron chi connectivity index (χ4n) is 3.84. The fourth-order valence-corrected chi connectivity index (χ4v) is 3.84. The van der Waals surface area contributed by atoms with Crippen molar-refractivity contribution in [3.63, 3.8) is 0 Å². The van der Waals surface area contributed by atoms with Crippen LogP contribution in [-0.4, -0.2) is 38.0 Å². The summed E-state index contributed by atoms with van der Waals surface area (Å²) in [7, 11) is 0. The van der Waals surface area contributed by atoms with Gasteiger partial charge in [-0.2, -0.15) is 5.10 Å². The molecule has 1 aliphatic carbocycles. The lowest BCUT2D eigenvalue weighted by molar-refractivity contribution is -0.137. The van der Waals surface area contributed by atoms with Crippen molar-refractivity contribution in [3.05, 3.63) is 35.5 Å².